The van der Waals surface area contributed by atoms with Crippen LogP contribution in [0.2, 0.25) is 0 Å². The maximum absolute atomic E-state index is 12.2. The quantitative estimate of drug-likeness (QED) is 0.872. The number of hydrogen-bond donors (Lipinski definition) is 1. The van der Waals surface area contributed by atoms with E-state index in [9.17, 15) is 8.42 Å². The van der Waals surface area contributed by atoms with E-state index in [0.29, 0.717) is 6.42 Å². The Hall–Kier alpha value is -1.19. The van der Waals surface area contributed by atoms with Crippen molar-refractivity contribution in [3.63, 3.8) is 0 Å². The van der Waals surface area contributed by atoms with Gasteiger partial charge in [-0.3, -0.25) is 0 Å². The first-order valence-corrected chi connectivity index (χ1v) is 7.77. The van der Waals surface area contributed by atoms with Gasteiger partial charge in [-0.1, -0.05) is 5.21 Å². The fraction of sp³-hybridized carbons (Fsp3) is 0.400. The van der Waals surface area contributed by atoms with E-state index in [2.05, 4.69) is 31.0 Å². The van der Waals surface area contributed by atoms with Crippen molar-refractivity contribution in [1.29, 1.82) is 0 Å². The molecule has 1 unspecified atom stereocenters. The van der Waals surface area contributed by atoms with Gasteiger partial charge in [0.25, 0.3) is 10.0 Å². The molecule has 0 amide bonds. The lowest BCUT2D eigenvalue weighted by Gasteiger charge is -2.12. The van der Waals surface area contributed by atoms with E-state index < -0.39 is 10.0 Å². The molecule has 0 spiro atoms. The van der Waals surface area contributed by atoms with Gasteiger partial charge >= 0.3 is 0 Å². The number of hydrogen-bond acceptors (Lipinski definition) is 5. The van der Waals surface area contributed by atoms with Crippen molar-refractivity contribution in [2.45, 2.75) is 24.4 Å². The highest BCUT2D eigenvalue weighted by atomic mass is 79.9. The van der Waals surface area contributed by atoms with Gasteiger partial charge in [-0.2, -0.15) is 0 Å². The zero-order chi connectivity index (χ0) is 14.0. The molecule has 0 radical (unpaired) electrons. The van der Waals surface area contributed by atoms with Crippen molar-refractivity contribution in [2.75, 3.05) is 0 Å². The third-order valence-electron chi connectivity index (χ3n) is 2.44. The standard InChI is InChI=1S/C10H13BrN4O3S/c1-7(6-8-4-3-5-18-8)13-19(16,17)10-9(11)12-14-15(10)2/h3-5,7,13H,6H2,1-2H3. The molecule has 1 atom stereocenters. The molecule has 2 aromatic rings. The predicted molar refractivity (Wildman–Crippen MR) is 70.9 cm³/mol. The first-order chi connectivity index (χ1) is 8.90. The Labute approximate surface area is 119 Å². The molecule has 2 aromatic heterocycles. The Kier molecular flexibility index (Phi) is 4.07. The Morgan fingerprint density at radius 3 is 2.84 bits per heavy atom. The van der Waals surface area contributed by atoms with E-state index in [-0.39, 0.29) is 15.7 Å². The fourth-order valence-corrected chi connectivity index (χ4v) is 4.04. The summed E-state index contributed by atoms with van der Waals surface area (Å²) in [5.74, 6) is 0.720. The van der Waals surface area contributed by atoms with E-state index in [1.165, 1.54) is 11.7 Å². The topological polar surface area (TPSA) is 90.0 Å². The molecular formula is C10H13BrN4O3S. The second kappa shape index (κ2) is 5.43. The molecule has 19 heavy (non-hydrogen) atoms. The molecule has 0 bridgehead atoms. The summed E-state index contributed by atoms with van der Waals surface area (Å²) in [5, 5.41) is 7.30. The number of halogens is 1. The highest BCUT2D eigenvalue weighted by Crippen LogP contribution is 2.18. The third kappa shape index (κ3) is 3.23. The molecule has 104 valence electrons. The average Bonchev–Trinajstić information content (AvgIpc) is 2.88. The second-order valence-electron chi connectivity index (χ2n) is 4.11. The molecule has 0 saturated heterocycles. The van der Waals surface area contributed by atoms with Gasteiger partial charge in [0.2, 0.25) is 5.03 Å². The van der Waals surface area contributed by atoms with Crippen molar-refractivity contribution >= 4 is 26.0 Å². The third-order valence-corrected chi connectivity index (χ3v) is 4.91. The van der Waals surface area contributed by atoms with Crippen LogP contribution in [-0.4, -0.2) is 29.5 Å². The van der Waals surface area contributed by atoms with Gasteiger partial charge in [0.15, 0.2) is 4.60 Å². The first kappa shape index (κ1) is 14.2. The molecule has 0 aliphatic rings. The summed E-state index contributed by atoms with van der Waals surface area (Å²) in [5.41, 5.74) is 0. The van der Waals surface area contributed by atoms with Gasteiger partial charge in [-0.15, -0.1) is 5.10 Å². The van der Waals surface area contributed by atoms with E-state index in [1.54, 1.807) is 25.3 Å². The minimum Gasteiger partial charge on any atom is -0.469 e. The van der Waals surface area contributed by atoms with Crippen molar-refractivity contribution in [2.24, 2.45) is 7.05 Å². The van der Waals surface area contributed by atoms with Crippen LogP contribution in [0, 0.1) is 0 Å². The summed E-state index contributed by atoms with van der Waals surface area (Å²) in [7, 11) is -2.16. The maximum atomic E-state index is 12.2. The molecule has 0 saturated carbocycles. The van der Waals surface area contributed by atoms with Crippen LogP contribution in [0.25, 0.3) is 0 Å². The number of nitrogens with one attached hydrogen (secondary N) is 1. The first-order valence-electron chi connectivity index (χ1n) is 5.50. The molecule has 0 aliphatic heterocycles. The molecule has 2 rings (SSSR count). The highest BCUT2D eigenvalue weighted by Gasteiger charge is 2.25. The average molecular weight is 349 g/mol. The van der Waals surface area contributed by atoms with Gasteiger partial charge in [0, 0.05) is 19.5 Å². The van der Waals surface area contributed by atoms with Gasteiger partial charge in [-0.05, 0) is 35.0 Å². The van der Waals surface area contributed by atoms with Crippen molar-refractivity contribution in [1.82, 2.24) is 19.7 Å². The molecule has 2 heterocycles. The van der Waals surface area contributed by atoms with Crippen LogP contribution in [0.15, 0.2) is 32.4 Å². The predicted octanol–water partition coefficient (Wildman–Crippen LogP) is 1.08. The van der Waals surface area contributed by atoms with Crippen LogP contribution < -0.4 is 4.72 Å². The molecule has 0 aromatic carbocycles. The molecular weight excluding hydrogens is 336 g/mol. The van der Waals surface area contributed by atoms with E-state index in [4.69, 9.17) is 4.42 Å². The van der Waals surface area contributed by atoms with Gasteiger partial charge < -0.3 is 4.42 Å². The van der Waals surface area contributed by atoms with Crippen LogP contribution in [0.1, 0.15) is 12.7 Å². The highest BCUT2D eigenvalue weighted by molar-refractivity contribution is 9.10. The minimum atomic E-state index is -3.68. The number of furan rings is 1. The molecule has 9 heteroatoms. The molecule has 0 fully saturated rings. The van der Waals surface area contributed by atoms with Crippen LogP contribution in [0.3, 0.4) is 0 Å². The summed E-state index contributed by atoms with van der Waals surface area (Å²) in [6.07, 6.45) is 2.02. The maximum Gasteiger partial charge on any atom is 0.260 e. The monoisotopic (exact) mass is 348 g/mol. The van der Waals surface area contributed by atoms with E-state index >= 15 is 0 Å². The number of rotatable bonds is 5. The summed E-state index contributed by atoms with van der Waals surface area (Å²) in [6, 6.07) is 3.25. The smallest absolute Gasteiger partial charge is 0.260 e. The van der Waals surface area contributed by atoms with E-state index in [0.717, 1.165) is 5.76 Å². The summed E-state index contributed by atoms with van der Waals surface area (Å²) >= 11 is 3.07. The largest absolute Gasteiger partial charge is 0.469 e. The number of sulfonamides is 1. The zero-order valence-electron chi connectivity index (χ0n) is 10.4. The van der Waals surface area contributed by atoms with Gasteiger partial charge in [-0.25, -0.2) is 17.8 Å². The summed E-state index contributed by atoms with van der Waals surface area (Å²) < 4.78 is 33.5. The van der Waals surface area contributed by atoms with Crippen LogP contribution in [0.4, 0.5) is 0 Å². The lowest BCUT2D eigenvalue weighted by Crippen LogP contribution is -2.35. The van der Waals surface area contributed by atoms with Crippen LogP contribution in [-0.2, 0) is 23.5 Å². The minimum absolute atomic E-state index is 0.00112. The Bertz CT molecular complexity index is 631. The Morgan fingerprint density at radius 1 is 1.58 bits per heavy atom. The van der Waals surface area contributed by atoms with Crippen molar-refractivity contribution in [3.05, 3.63) is 28.8 Å². The Morgan fingerprint density at radius 2 is 2.32 bits per heavy atom. The van der Waals surface area contributed by atoms with Crippen molar-refractivity contribution in [3.8, 4) is 0 Å². The molecule has 0 aliphatic carbocycles. The fourth-order valence-electron chi connectivity index (χ4n) is 1.70. The summed E-state index contributed by atoms with van der Waals surface area (Å²) in [6.45, 7) is 1.76. The number of aryl methyl sites for hydroxylation is 1. The number of aromatic nitrogens is 3. The van der Waals surface area contributed by atoms with Gasteiger partial charge in [0.1, 0.15) is 5.76 Å². The van der Waals surface area contributed by atoms with E-state index in [1.807, 2.05) is 0 Å². The normalized spacial score (nSPS) is 13.6. The summed E-state index contributed by atoms with van der Waals surface area (Å²) in [4.78, 5) is 0. The van der Waals surface area contributed by atoms with Crippen molar-refractivity contribution < 1.29 is 12.8 Å². The zero-order valence-corrected chi connectivity index (χ0v) is 12.8. The molecule has 1 N–H and O–H groups in total. The SMILES string of the molecule is CC(Cc1ccco1)NS(=O)(=O)c1c(Br)nnn1C. The lowest BCUT2D eigenvalue weighted by molar-refractivity contribution is 0.477. The number of nitrogens with zero attached hydrogens (tertiary/aromatic N) is 3. The van der Waals surface area contributed by atoms with Crippen LogP contribution in [0.5, 0.6) is 0 Å². The Balaban J connectivity index is 2.13. The molecule has 7 nitrogen and oxygen atoms in total. The van der Waals surface area contributed by atoms with Crippen LogP contribution >= 0.6 is 15.9 Å². The lowest BCUT2D eigenvalue weighted by atomic mass is 10.2. The van der Waals surface area contributed by atoms with Gasteiger partial charge in [0.05, 0.1) is 6.26 Å². The second-order valence-corrected chi connectivity index (χ2v) is 6.50.